The van der Waals surface area contributed by atoms with Gasteiger partial charge in [0.05, 0.1) is 41.1 Å². The highest BCUT2D eigenvalue weighted by Gasteiger charge is 2.29. The molecule has 0 aliphatic rings. The molecule has 0 unspecified atom stereocenters. The molecule has 0 aliphatic heterocycles. The lowest BCUT2D eigenvalue weighted by atomic mass is 10.1. The van der Waals surface area contributed by atoms with Crippen LogP contribution in [0.5, 0.6) is 46.0 Å². The van der Waals surface area contributed by atoms with E-state index in [1.165, 1.54) is 47.7 Å². The average molecular weight is 420 g/mol. The summed E-state index contributed by atoms with van der Waals surface area (Å²) in [5.41, 5.74) is -1.01. The molecule has 0 fully saturated rings. The van der Waals surface area contributed by atoms with Crippen LogP contribution in [0.2, 0.25) is 0 Å². The third-order valence-corrected chi connectivity index (χ3v) is 4.52. The van der Waals surface area contributed by atoms with Gasteiger partial charge in [-0.2, -0.15) is 0 Å². The van der Waals surface area contributed by atoms with E-state index in [9.17, 15) is 20.1 Å². The molecule has 0 amide bonds. The second-order valence-corrected chi connectivity index (χ2v) is 5.99. The fraction of sp³-hybridized carbons (Fsp3) is 0.250. The molecule has 0 aliphatic carbocycles. The van der Waals surface area contributed by atoms with E-state index in [1.807, 2.05) is 0 Å². The molecule has 10 nitrogen and oxygen atoms in total. The van der Waals surface area contributed by atoms with Crippen LogP contribution in [0.15, 0.2) is 21.3 Å². The molecule has 10 heteroatoms. The van der Waals surface area contributed by atoms with Crippen LogP contribution in [-0.2, 0) is 0 Å². The number of fused-ring (bicyclic) bond motifs is 1. The lowest BCUT2D eigenvalue weighted by Gasteiger charge is -2.16. The third-order valence-electron chi connectivity index (χ3n) is 4.52. The van der Waals surface area contributed by atoms with Crippen molar-refractivity contribution in [2.45, 2.75) is 0 Å². The molecular formula is C20H20O10. The largest absolute Gasteiger partial charge is 0.507 e. The number of methoxy groups -OCH3 is 5. The number of hydrogen-bond donors (Lipinski definition) is 3. The molecule has 0 saturated carbocycles. The number of aromatic hydroxyl groups is 3. The Morgan fingerprint density at radius 3 is 1.83 bits per heavy atom. The van der Waals surface area contributed by atoms with Crippen molar-refractivity contribution < 1.29 is 43.4 Å². The molecule has 1 heterocycles. The molecule has 0 atom stereocenters. The van der Waals surface area contributed by atoms with Crippen molar-refractivity contribution in [3.63, 3.8) is 0 Å². The Labute approximate surface area is 170 Å². The van der Waals surface area contributed by atoms with Gasteiger partial charge in [0, 0.05) is 6.07 Å². The van der Waals surface area contributed by atoms with E-state index in [4.69, 9.17) is 28.1 Å². The smallest absolute Gasteiger partial charge is 0.239 e. The van der Waals surface area contributed by atoms with Crippen LogP contribution < -0.4 is 29.1 Å². The van der Waals surface area contributed by atoms with Crippen LogP contribution >= 0.6 is 0 Å². The van der Waals surface area contributed by atoms with Crippen LogP contribution in [0.25, 0.3) is 22.3 Å². The first kappa shape index (κ1) is 20.8. The molecule has 3 aromatic rings. The summed E-state index contributed by atoms with van der Waals surface area (Å²) in [5.74, 6) is -2.13. The number of phenols is 3. The maximum Gasteiger partial charge on any atom is 0.239 e. The Bertz CT molecular complexity index is 1180. The zero-order chi connectivity index (χ0) is 22.2. The summed E-state index contributed by atoms with van der Waals surface area (Å²) in [4.78, 5) is 13.1. The highest BCUT2D eigenvalue weighted by atomic mass is 16.5. The van der Waals surface area contributed by atoms with Crippen molar-refractivity contribution in [1.82, 2.24) is 0 Å². The van der Waals surface area contributed by atoms with Gasteiger partial charge in [0.15, 0.2) is 28.6 Å². The number of rotatable bonds is 6. The summed E-state index contributed by atoms with van der Waals surface area (Å²) in [6, 6.07) is 2.66. The normalized spacial score (nSPS) is 10.7. The fourth-order valence-corrected chi connectivity index (χ4v) is 3.13. The zero-order valence-corrected chi connectivity index (χ0v) is 16.9. The van der Waals surface area contributed by atoms with E-state index < -0.39 is 16.9 Å². The summed E-state index contributed by atoms with van der Waals surface area (Å²) >= 11 is 0. The first-order chi connectivity index (χ1) is 14.3. The van der Waals surface area contributed by atoms with E-state index in [0.717, 1.165) is 0 Å². The van der Waals surface area contributed by atoms with Crippen LogP contribution in [0.3, 0.4) is 0 Å². The fourth-order valence-electron chi connectivity index (χ4n) is 3.13. The number of benzene rings is 2. The van der Waals surface area contributed by atoms with Gasteiger partial charge in [0.2, 0.25) is 28.4 Å². The third kappa shape index (κ3) is 2.93. The van der Waals surface area contributed by atoms with Gasteiger partial charge in [-0.25, -0.2) is 0 Å². The predicted molar refractivity (Wildman–Crippen MR) is 106 cm³/mol. The van der Waals surface area contributed by atoms with E-state index in [1.54, 1.807) is 0 Å². The highest BCUT2D eigenvalue weighted by Crippen LogP contribution is 2.51. The van der Waals surface area contributed by atoms with Crippen LogP contribution in [0.4, 0.5) is 0 Å². The molecule has 3 rings (SSSR count). The van der Waals surface area contributed by atoms with Crippen molar-refractivity contribution in [3.05, 3.63) is 22.4 Å². The van der Waals surface area contributed by atoms with Crippen molar-refractivity contribution in [2.75, 3.05) is 35.5 Å². The summed E-state index contributed by atoms with van der Waals surface area (Å²) in [6.45, 7) is 0. The minimum absolute atomic E-state index is 0.0420. The van der Waals surface area contributed by atoms with Crippen molar-refractivity contribution >= 4 is 11.0 Å². The Kier molecular flexibility index (Phi) is 5.41. The Morgan fingerprint density at radius 2 is 1.30 bits per heavy atom. The second-order valence-electron chi connectivity index (χ2n) is 5.99. The molecule has 0 radical (unpaired) electrons. The molecular weight excluding hydrogens is 400 g/mol. The summed E-state index contributed by atoms with van der Waals surface area (Å²) < 4.78 is 31.5. The minimum atomic E-state index is -0.781. The number of hydrogen-bond acceptors (Lipinski definition) is 10. The molecule has 0 saturated heterocycles. The zero-order valence-electron chi connectivity index (χ0n) is 16.9. The highest BCUT2D eigenvalue weighted by molar-refractivity contribution is 5.96. The van der Waals surface area contributed by atoms with E-state index in [-0.39, 0.29) is 56.8 Å². The molecule has 3 N–H and O–H groups in total. The van der Waals surface area contributed by atoms with Gasteiger partial charge in [-0.1, -0.05) is 0 Å². The van der Waals surface area contributed by atoms with Crippen LogP contribution in [-0.4, -0.2) is 50.9 Å². The van der Waals surface area contributed by atoms with Crippen LogP contribution in [0.1, 0.15) is 0 Å². The van der Waals surface area contributed by atoms with Gasteiger partial charge in [0.25, 0.3) is 0 Å². The first-order valence-electron chi connectivity index (χ1n) is 8.50. The lowest BCUT2D eigenvalue weighted by Crippen LogP contribution is -2.09. The lowest BCUT2D eigenvalue weighted by molar-refractivity contribution is 0.322. The van der Waals surface area contributed by atoms with Gasteiger partial charge < -0.3 is 43.4 Å². The van der Waals surface area contributed by atoms with E-state index >= 15 is 0 Å². The molecule has 0 spiro atoms. The summed E-state index contributed by atoms with van der Waals surface area (Å²) in [5, 5.41) is 31.0. The van der Waals surface area contributed by atoms with Gasteiger partial charge in [-0.05, 0) is 6.07 Å². The predicted octanol–water partition coefficient (Wildman–Crippen LogP) is 2.62. The second kappa shape index (κ2) is 7.82. The van der Waals surface area contributed by atoms with Gasteiger partial charge in [-0.3, -0.25) is 4.79 Å². The van der Waals surface area contributed by atoms with Gasteiger partial charge >= 0.3 is 0 Å². The topological polar surface area (TPSA) is 137 Å². The van der Waals surface area contributed by atoms with Crippen LogP contribution in [0, 0.1) is 0 Å². The molecule has 2 aromatic carbocycles. The maximum atomic E-state index is 13.1. The standard InChI is InChI=1S/C20H20O10/c1-25-10-6-8(9(21)7-11(10)26-2)16-19(28-4)14(23)12-13(22)18(27-3)15(24)20(29-5)17(12)30-16/h6-7,21-22,24H,1-5H3. The van der Waals surface area contributed by atoms with Gasteiger partial charge in [-0.15, -0.1) is 0 Å². The molecule has 0 bridgehead atoms. The van der Waals surface area contributed by atoms with Crippen molar-refractivity contribution in [1.29, 1.82) is 0 Å². The summed E-state index contributed by atoms with van der Waals surface area (Å²) in [7, 11) is 6.47. The maximum absolute atomic E-state index is 13.1. The Morgan fingerprint density at radius 1 is 0.733 bits per heavy atom. The van der Waals surface area contributed by atoms with E-state index in [2.05, 4.69) is 0 Å². The van der Waals surface area contributed by atoms with Crippen molar-refractivity contribution in [3.8, 4) is 57.3 Å². The number of ether oxygens (including phenoxy) is 5. The first-order valence-corrected chi connectivity index (χ1v) is 8.50. The van der Waals surface area contributed by atoms with Crippen molar-refractivity contribution in [2.24, 2.45) is 0 Å². The number of phenolic OH excluding ortho intramolecular Hbond substituents is 3. The van der Waals surface area contributed by atoms with Gasteiger partial charge in [0.1, 0.15) is 11.1 Å². The molecule has 1 aromatic heterocycles. The monoisotopic (exact) mass is 420 g/mol. The Hall–Kier alpha value is -3.95. The molecule has 30 heavy (non-hydrogen) atoms. The molecule has 160 valence electrons. The average Bonchev–Trinajstić information content (AvgIpc) is 2.73. The summed E-state index contributed by atoms with van der Waals surface area (Å²) in [6.07, 6.45) is 0. The minimum Gasteiger partial charge on any atom is -0.507 e. The Balaban J connectivity index is 2.51. The quantitative estimate of drug-likeness (QED) is 0.546. The SMILES string of the molecule is COc1cc(O)c(-c2oc3c(OC)c(O)c(OC)c(O)c3c(=O)c2OC)cc1OC. The van der Waals surface area contributed by atoms with E-state index in [0.29, 0.717) is 0 Å².